The van der Waals surface area contributed by atoms with E-state index < -0.39 is 26.7 Å². The SMILES string of the molecule is COCC(c1ccccc1)S(=O)(=O)CC(=O)Nc1ccc(OC)cc1. The van der Waals surface area contributed by atoms with Gasteiger partial charge in [0.25, 0.3) is 0 Å². The van der Waals surface area contributed by atoms with Crippen molar-refractivity contribution < 1.29 is 22.7 Å². The molecule has 134 valence electrons. The lowest BCUT2D eigenvalue weighted by atomic mass is 10.1. The second-order valence-corrected chi connectivity index (χ2v) is 7.62. The maximum atomic E-state index is 12.7. The number of sulfone groups is 1. The molecule has 6 nitrogen and oxygen atoms in total. The molecule has 0 spiro atoms. The molecule has 25 heavy (non-hydrogen) atoms. The van der Waals surface area contributed by atoms with Crippen LogP contribution in [0.25, 0.3) is 0 Å². The number of amides is 1. The maximum Gasteiger partial charge on any atom is 0.239 e. The Kier molecular flexibility index (Phi) is 6.55. The first-order valence-corrected chi connectivity index (χ1v) is 9.37. The number of methoxy groups -OCH3 is 2. The summed E-state index contributed by atoms with van der Waals surface area (Å²) in [4.78, 5) is 12.2. The Balaban J connectivity index is 2.10. The van der Waals surface area contributed by atoms with Crippen molar-refractivity contribution in [2.24, 2.45) is 0 Å². The van der Waals surface area contributed by atoms with Gasteiger partial charge in [-0.1, -0.05) is 30.3 Å². The fourth-order valence-electron chi connectivity index (χ4n) is 2.38. The largest absolute Gasteiger partial charge is 0.497 e. The number of ether oxygens (including phenoxy) is 2. The number of anilines is 1. The zero-order valence-corrected chi connectivity index (χ0v) is 15.0. The molecule has 0 aliphatic carbocycles. The molecule has 0 bridgehead atoms. The van der Waals surface area contributed by atoms with Gasteiger partial charge in [0, 0.05) is 12.8 Å². The second kappa shape index (κ2) is 8.64. The third kappa shape index (κ3) is 5.30. The minimum atomic E-state index is -3.73. The zero-order chi connectivity index (χ0) is 18.3. The topological polar surface area (TPSA) is 81.7 Å². The minimum absolute atomic E-state index is 0.0117. The molecule has 2 rings (SSSR count). The number of carbonyl (C=O) groups is 1. The van der Waals surface area contributed by atoms with Gasteiger partial charge in [-0.3, -0.25) is 4.79 Å². The van der Waals surface area contributed by atoms with Crippen LogP contribution in [-0.4, -0.2) is 40.9 Å². The van der Waals surface area contributed by atoms with Gasteiger partial charge < -0.3 is 14.8 Å². The molecule has 0 heterocycles. The number of carbonyl (C=O) groups excluding carboxylic acids is 1. The molecule has 0 radical (unpaired) electrons. The normalized spacial score (nSPS) is 12.4. The van der Waals surface area contributed by atoms with E-state index in [4.69, 9.17) is 9.47 Å². The summed E-state index contributed by atoms with van der Waals surface area (Å²) in [6, 6.07) is 15.4. The molecule has 0 fully saturated rings. The van der Waals surface area contributed by atoms with Crippen LogP contribution in [0.5, 0.6) is 5.75 Å². The zero-order valence-electron chi connectivity index (χ0n) is 14.1. The molecule has 1 atom stereocenters. The van der Waals surface area contributed by atoms with Crippen LogP contribution in [0.4, 0.5) is 5.69 Å². The molecular weight excluding hydrogens is 342 g/mol. The third-order valence-corrected chi connectivity index (χ3v) is 5.57. The highest BCUT2D eigenvalue weighted by Gasteiger charge is 2.29. The third-order valence-electron chi connectivity index (χ3n) is 3.63. The van der Waals surface area contributed by atoms with Crippen molar-refractivity contribution >= 4 is 21.4 Å². The van der Waals surface area contributed by atoms with E-state index in [0.29, 0.717) is 17.0 Å². The van der Waals surface area contributed by atoms with Gasteiger partial charge >= 0.3 is 0 Å². The molecular formula is C18H21NO5S. The van der Waals surface area contributed by atoms with Gasteiger partial charge in [-0.05, 0) is 29.8 Å². The Morgan fingerprint density at radius 1 is 1.04 bits per heavy atom. The summed E-state index contributed by atoms with van der Waals surface area (Å²) in [5, 5.41) is 1.69. The van der Waals surface area contributed by atoms with E-state index in [9.17, 15) is 13.2 Å². The van der Waals surface area contributed by atoms with Crippen LogP contribution in [0.15, 0.2) is 54.6 Å². The van der Waals surface area contributed by atoms with Crippen molar-refractivity contribution in [1.29, 1.82) is 0 Å². The summed E-state index contributed by atoms with van der Waals surface area (Å²) in [7, 11) is -0.757. The summed E-state index contributed by atoms with van der Waals surface area (Å²) in [5.74, 6) is -0.570. The predicted octanol–water partition coefficient (Wildman–Crippen LogP) is 2.44. The molecule has 0 aromatic heterocycles. The summed E-state index contributed by atoms with van der Waals surface area (Å²) in [6.45, 7) is -0.0117. The van der Waals surface area contributed by atoms with Gasteiger partial charge in [-0.2, -0.15) is 0 Å². The minimum Gasteiger partial charge on any atom is -0.497 e. The lowest BCUT2D eigenvalue weighted by Gasteiger charge is -2.17. The van der Waals surface area contributed by atoms with Crippen LogP contribution in [0.3, 0.4) is 0 Å². The Morgan fingerprint density at radius 3 is 2.24 bits per heavy atom. The smallest absolute Gasteiger partial charge is 0.239 e. The quantitative estimate of drug-likeness (QED) is 0.779. The highest BCUT2D eigenvalue weighted by molar-refractivity contribution is 7.92. The van der Waals surface area contributed by atoms with Gasteiger partial charge in [0.05, 0.1) is 13.7 Å². The van der Waals surface area contributed by atoms with Crippen molar-refractivity contribution in [3.8, 4) is 5.75 Å². The van der Waals surface area contributed by atoms with E-state index in [2.05, 4.69) is 5.32 Å². The highest BCUT2D eigenvalue weighted by atomic mass is 32.2. The van der Waals surface area contributed by atoms with E-state index in [0.717, 1.165) is 0 Å². The molecule has 2 aromatic carbocycles. The molecule has 7 heteroatoms. The fraction of sp³-hybridized carbons (Fsp3) is 0.278. The Bertz CT molecular complexity index is 788. The van der Waals surface area contributed by atoms with Crippen LogP contribution in [0.1, 0.15) is 10.8 Å². The van der Waals surface area contributed by atoms with Gasteiger partial charge in [-0.15, -0.1) is 0 Å². The van der Waals surface area contributed by atoms with Crippen molar-refractivity contribution in [2.45, 2.75) is 5.25 Å². The van der Waals surface area contributed by atoms with Crippen LogP contribution < -0.4 is 10.1 Å². The van der Waals surface area contributed by atoms with Gasteiger partial charge in [-0.25, -0.2) is 8.42 Å². The van der Waals surface area contributed by atoms with Gasteiger partial charge in [0.2, 0.25) is 5.91 Å². The molecule has 1 amide bonds. The monoisotopic (exact) mass is 363 g/mol. The molecule has 1 N–H and O–H groups in total. The van der Waals surface area contributed by atoms with E-state index in [1.807, 2.05) is 0 Å². The fourth-order valence-corrected chi connectivity index (χ4v) is 3.94. The highest BCUT2D eigenvalue weighted by Crippen LogP contribution is 2.24. The van der Waals surface area contributed by atoms with Crippen LogP contribution >= 0.6 is 0 Å². The first kappa shape index (κ1) is 19.0. The number of hydrogen-bond acceptors (Lipinski definition) is 5. The second-order valence-electron chi connectivity index (χ2n) is 5.44. The van der Waals surface area contributed by atoms with Crippen LogP contribution in [0.2, 0.25) is 0 Å². The van der Waals surface area contributed by atoms with E-state index in [1.165, 1.54) is 7.11 Å². The summed E-state index contributed by atoms with van der Waals surface area (Å²) in [6.07, 6.45) is 0. The summed E-state index contributed by atoms with van der Waals surface area (Å²) >= 11 is 0. The van der Waals surface area contributed by atoms with Crippen LogP contribution in [0, 0.1) is 0 Å². The van der Waals surface area contributed by atoms with Crippen molar-refractivity contribution in [3.63, 3.8) is 0 Å². The standard InChI is InChI=1S/C18H21NO5S/c1-23-12-17(14-6-4-3-5-7-14)25(21,22)13-18(20)19-15-8-10-16(24-2)11-9-15/h3-11,17H,12-13H2,1-2H3,(H,19,20). The lowest BCUT2D eigenvalue weighted by Crippen LogP contribution is -2.28. The number of hydrogen-bond donors (Lipinski definition) is 1. The van der Waals surface area contributed by atoms with Gasteiger partial charge in [0.1, 0.15) is 16.8 Å². The van der Waals surface area contributed by atoms with E-state index in [-0.39, 0.29) is 6.61 Å². The Hall–Kier alpha value is -2.38. The molecule has 0 aliphatic rings. The number of nitrogens with one attached hydrogen (secondary N) is 1. The Labute approximate surface area is 147 Å². The number of rotatable bonds is 8. The Morgan fingerprint density at radius 2 is 1.68 bits per heavy atom. The lowest BCUT2D eigenvalue weighted by molar-refractivity contribution is -0.113. The average molecular weight is 363 g/mol. The first-order chi connectivity index (χ1) is 12.0. The predicted molar refractivity (Wildman–Crippen MR) is 96.5 cm³/mol. The van der Waals surface area contributed by atoms with Gasteiger partial charge in [0.15, 0.2) is 9.84 Å². The maximum absolute atomic E-state index is 12.7. The first-order valence-electron chi connectivity index (χ1n) is 7.65. The summed E-state index contributed by atoms with van der Waals surface area (Å²) in [5.41, 5.74) is 1.10. The van der Waals surface area contributed by atoms with Crippen molar-refractivity contribution in [3.05, 3.63) is 60.2 Å². The molecule has 0 saturated carbocycles. The average Bonchev–Trinajstić information content (AvgIpc) is 2.60. The van der Waals surface area contributed by atoms with E-state index >= 15 is 0 Å². The van der Waals surface area contributed by atoms with Crippen LogP contribution in [-0.2, 0) is 19.4 Å². The molecule has 0 saturated heterocycles. The van der Waals surface area contributed by atoms with E-state index in [1.54, 1.807) is 61.7 Å². The molecule has 2 aromatic rings. The van der Waals surface area contributed by atoms with Crippen molar-refractivity contribution in [1.82, 2.24) is 0 Å². The molecule has 1 unspecified atom stereocenters. The molecule has 0 aliphatic heterocycles. The number of benzene rings is 2. The summed E-state index contributed by atoms with van der Waals surface area (Å²) < 4.78 is 35.4. The van der Waals surface area contributed by atoms with Crippen molar-refractivity contribution in [2.75, 3.05) is 31.9 Å².